The van der Waals surface area contributed by atoms with Crippen LogP contribution in [0.2, 0.25) is 10.0 Å². The van der Waals surface area contributed by atoms with Crippen LogP contribution in [0.1, 0.15) is 15.9 Å². The molecule has 2 rings (SSSR count). The van der Waals surface area contributed by atoms with Gasteiger partial charge in [-0.05, 0) is 46.3 Å². The van der Waals surface area contributed by atoms with Crippen LogP contribution in [-0.4, -0.2) is 12.9 Å². The molecule has 0 fully saturated rings. The molecule has 0 bridgehead atoms. The maximum Gasteiger partial charge on any atom is 0.199 e. The van der Waals surface area contributed by atoms with Gasteiger partial charge in [0, 0.05) is 9.50 Å². The lowest BCUT2D eigenvalue weighted by Crippen LogP contribution is -2.07. The Balaban J connectivity index is 2.55. The normalized spacial score (nSPS) is 10.4. The van der Waals surface area contributed by atoms with Crippen molar-refractivity contribution in [2.24, 2.45) is 0 Å². The molecule has 6 heteroatoms. The molecule has 0 unspecified atom stereocenters. The van der Waals surface area contributed by atoms with E-state index in [0.717, 1.165) is 0 Å². The Kier molecular flexibility index (Phi) is 4.68. The number of halogens is 4. The third kappa shape index (κ3) is 2.82. The molecule has 0 saturated heterocycles. The van der Waals surface area contributed by atoms with Crippen LogP contribution in [-0.2, 0) is 0 Å². The molecule has 0 spiro atoms. The number of hydrogen-bond donors (Lipinski definition) is 0. The average Bonchev–Trinajstić information content (AvgIpc) is 2.44. The highest BCUT2D eigenvalue weighted by atomic mass is 79.9. The highest BCUT2D eigenvalue weighted by Gasteiger charge is 2.21. The zero-order valence-electron chi connectivity index (χ0n) is 10.2. The zero-order valence-corrected chi connectivity index (χ0v) is 13.3. The Morgan fingerprint density at radius 3 is 2.50 bits per heavy atom. The Morgan fingerprint density at radius 1 is 1.20 bits per heavy atom. The Bertz CT molecular complexity index is 689. The zero-order chi connectivity index (χ0) is 14.9. The maximum absolute atomic E-state index is 14.1. The minimum atomic E-state index is -0.775. The number of rotatable bonds is 3. The summed E-state index contributed by atoms with van der Waals surface area (Å²) >= 11 is 14.7. The van der Waals surface area contributed by atoms with E-state index in [9.17, 15) is 9.18 Å². The molecule has 0 radical (unpaired) electrons. The van der Waals surface area contributed by atoms with Crippen LogP contribution in [0.5, 0.6) is 5.75 Å². The van der Waals surface area contributed by atoms with E-state index in [4.69, 9.17) is 27.9 Å². The summed E-state index contributed by atoms with van der Waals surface area (Å²) in [5.41, 5.74) is 0.0908. The van der Waals surface area contributed by atoms with Gasteiger partial charge in [-0.3, -0.25) is 4.79 Å². The quantitative estimate of drug-likeness (QED) is 0.547. The predicted molar refractivity (Wildman–Crippen MR) is 80.5 cm³/mol. The van der Waals surface area contributed by atoms with Crippen LogP contribution >= 0.6 is 39.1 Å². The number of hydrogen-bond acceptors (Lipinski definition) is 2. The highest BCUT2D eigenvalue weighted by Crippen LogP contribution is 2.31. The van der Waals surface area contributed by atoms with E-state index in [0.29, 0.717) is 9.50 Å². The second-order valence-electron chi connectivity index (χ2n) is 3.90. The molecule has 0 aromatic heterocycles. The van der Waals surface area contributed by atoms with E-state index in [1.807, 2.05) is 0 Å². The van der Waals surface area contributed by atoms with Crippen LogP contribution in [0, 0.1) is 5.82 Å². The number of carbonyl (C=O) groups is 1. The number of carbonyl (C=O) groups excluding carboxylic acids is 1. The SMILES string of the molecule is COc1cc(Cl)ccc1C(=O)c1ccc(Br)c(Cl)c1F. The van der Waals surface area contributed by atoms with Crippen molar-refractivity contribution in [3.05, 3.63) is 61.8 Å². The molecule has 104 valence electrons. The smallest absolute Gasteiger partial charge is 0.199 e. The maximum atomic E-state index is 14.1. The number of methoxy groups -OCH3 is 1. The summed E-state index contributed by atoms with van der Waals surface area (Å²) in [6.07, 6.45) is 0. The van der Waals surface area contributed by atoms with Crippen molar-refractivity contribution in [3.63, 3.8) is 0 Å². The lowest BCUT2D eigenvalue weighted by molar-refractivity contribution is 0.103. The molecule has 0 aliphatic heterocycles. The van der Waals surface area contributed by atoms with Crippen molar-refractivity contribution in [2.75, 3.05) is 7.11 Å². The predicted octanol–water partition coefficient (Wildman–Crippen LogP) is 5.13. The van der Waals surface area contributed by atoms with Crippen LogP contribution in [0.25, 0.3) is 0 Å². The number of ketones is 1. The Morgan fingerprint density at radius 2 is 1.85 bits per heavy atom. The minimum Gasteiger partial charge on any atom is -0.496 e. The standard InChI is InChI=1S/C14H8BrCl2FO2/c1-20-11-6-7(16)2-3-8(11)14(19)9-4-5-10(15)12(17)13(9)18/h2-6H,1H3. The molecule has 0 aliphatic rings. The van der Waals surface area contributed by atoms with E-state index in [2.05, 4.69) is 15.9 Å². The molecule has 0 heterocycles. The first-order valence-electron chi connectivity index (χ1n) is 5.47. The molecular weight excluding hydrogens is 370 g/mol. The van der Waals surface area contributed by atoms with Gasteiger partial charge in [-0.1, -0.05) is 23.2 Å². The van der Waals surface area contributed by atoms with E-state index in [-0.39, 0.29) is 21.9 Å². The van der Waals surface area contributed by atoms with Crippen molar-refractivity contribution in [1.82, 2.24) is 0 Å². The summed E-state index contributed by atoms with van der Waals surface area (Å²) < 4.78 is 19.5. The fourth-order valence-electron chi connectivity index (χ4n) is 1.70. The van der Waals surface area contributed by atoms with Crippen molar-refractivity contribution < 1.29 is 13.9 Å². The summed E-state index contributed by atoms with van der Waals surface area (Å²) in [5.74, 6) is -1.02. The van der Waals surface area contributed by atoms with Gasteiger partial charge in [0.25, 0.3) is 0 Å². The van der Waals surface area contributed by atoms with E-state index in [1.165, 1.54) is 37.4 Å². The number of ether oxygens (including phenoxy) is 1. The van der Waals surface area contributed by atoms with Crippen LogP contribution in [0.15, 0.2) is 34.8 Å². The van der Waals surface area contributed by atoms with Gasteiger partial charge in [-0.15, -0.1) is 0 Å². The van der Waals surface area contributed by atoms with Crippen LogP contribution < -0.4 is 4.74 Å². The molecule has 2 aromatic rings. The second kappa shape index (κ2) is 6.12. The molecule has 0 aliphatic carbocycles. The fourth-order valence-corrected chi connectivity index (χ4v) is 2.33. The van der Waals surface area contributed by atoms with Gasteiger partial charge >= 0.3 is 0 Å². The van der Waals surface area contributed by atoms with Crippen molar-refractivity contribution in [1.29, 1.82) is 0 Å². The highest BCUT2D eigenvalue weighted by molar-refractivity contribution is 9.10. The summed E-state index contributed by atoms with van der Waals surface area (Å²) in [6.45, 7) is 0. The third-order valence-electron chi connectivity index (χ3n) is 2.69. The second-order valence-corrected chi connectivity index (χ2v) is 5.57. The van der Waals surface area contributed by atoms with Crippen molar-refractivity contribution in [2.45, 2.75) is 0 Å². The summed E-state index contributed by atoms with van der Waals surface area (Å²) in [6, 6.07) is 7.39. The first kappa shape index (κ1) is 15.3. The first-order chi connectivity index (χ1) is 9.45. The largest absolute Gasteiger partial charge is 0.496 e. The monoisotopic (exact) mass is 376 g/mol. The lowest BCUT2D eigenvalue weighted by atomic mass is 10.0. The summed E-state index contributed by atoms with van der Waals surface area (Å²) in [4.78, 5) is 12.4. The molecule has 20 heavy (non-hydrogen) atoms. The van der Waals surface area contributed by atoms with Gasteiger partial charge in [-0.2, -0.15) is 0 Å². The van der Waals surface area contributed by atoms with E-state index >= 15 is 0 Å². The molecule has 0 saturated carbocycles. The Hall–Kier alpha value is -1.10. The molecule has 0 atom stereocenters. The molecule has 2 aromatic carbocycles. The van der Waals surface area contributed by atoms with Gasteiger partial charge in [-0.25, -0.2) is 4.39 Å². The fraction of sp³-hybridized carbons (Fsp3) is 0.0714. The average molecular weight is 378 g/mol. The topological polar surface area (TPSA) is 26.3 Å². The lowest BCUT2D eigenvalue weighted by Gasteiger charge is -2.09. The van der Waals surface area contributed by atoms with Gasteiger partial charge in [0.15, 0.2) is 11.6 Å². The van der Waals surface area contributed by atoms with Crippen LogP contribution in [0.3, 0.4) is 0 Å². The minimum absolute atomic E-state index is 0.126. The van der Waals surface area contributed by atoms with Gasteiger partial charge in [0.1, 0.15) is 5.75 Å². The van der Waals surface area contributed by atoms with E-state index in [1.54, 1.807) is 0 Å². The molecule has 0 amide bonds. The van der Waals surface area contributed by atoms with Gasteiger partial charge < -0.3 is 4.74 Å². The van der Waals surface area contributed by atoms with Crippen molar-refractivity contribution >= 4 is 44.9 Å². The van der Waals surface area contributed by atoms with Crippen LogP contribution in [0.4, 0.5) is 4.39 Å². The molecule has 0 N–H and O–H groups in total. The third-order valence-corrected chi connectivity index (χ3v) is 4.18. The summed E-state index contributed by atoms with van der Waals surface area (Å²) in [5, 5.41) is 0.288. The number of benzene rings is 2. The van der Waals surface area contributed by atoms with Gasteiger partial charge in [0.2, 0.25) is 0 Å². The summed E-state index contributed by atoms with van der Waals surface area (Å²) in [7, 11) is 1.41. The van der Waals surface area contributed by atoms with Crippen molar-refractivity contribution in [3.8, 4) is 5.75 Å². The molecule has 2 nitrogen and oxygen atoms in total. The van der Waals surface area contributed by atoms with Gasteiger partial charge in [0.05, 0.1) is 23.3 Å². The Labute approximate surface area is 133 Å². The first-order valence-corrected chi connectivity index (χ1v) is 7.02. The molecular formula is C14H8BrCl2FO2. The van der Waals surface area contributed by atoms with E-state index < -0.39 is 11.6 Å².